The molecule has 214 valence electrons. The van der Waals surface area contributed by atoms with Crippen LogP contribution >= 0.6 is 0 Å². The summed E-state index contributed by atoms with van der Waals surface area (Å²) < 4.78 is 40.1. The van der Waals surface area contributed by atoms with E-state index in [0.717, 1.165) is 17.4 Å². The number of anilines is 1. The van der Waals surface area contributed by atoms with E-state index in [2.05, 4.69) is 5.32 Å². The van der Waals surface area contributed by atoms with Crippen LogP contribution in [0.15, 0.2) is 78.9 Å². The first-order chi connectivity index (χ1) is 19.0. The molecule has 1 N–H and O–H groups in total. The highest BCUT2D eigenvalue weighted by atomic mass is 32.2. The first kappa shape index (κ1) is 30.8. The summed E-state index contributed by atoms with van der Waals surface area (Å²) in [5, 5.41) is 2.93. The largest absolute Gasteiger partial charge is 0.352 e. The maximum absolute atomic E-state index is 13.8. The zero-order valence-electron chi connectivity index (χ0n) is 23.5. The lowest BCUT2D eigenvalue weighted by atomic mass is 10.0. The Kier molecular flexibility index (Phi) is 10.8. The van der Waals surface area contributed by atoms with E-state index in [1.807, 2.05) is 63.2 Å². The van der Waals surface area contributed by atoms with Crippen molar-refractivity contribution in [3.05, 3.63) is 101 Å². The number of sulfonamides is 1. The molecule has 9 heteroatoms. The van der Waals surface area contributed by atoms with E-state index in [1.54, 1.807) is 24.3 Å². The van der Waals surface area contributed by atoms with Crippen LogP contribution in [-0.2, 0) is 32.6 Å². The Morgan fingerprint density at radius 3 is 2.12 bits per heavy atom. The predicted molar refractivity (Wildman–Crippen MR) is 157 cm³/mol. The average Bonchev–Trinajstić information content (AvgIpc) is 2.89. The van der Waals surface area contributed by atoms with Gasteiger partial charge in [-0.3, -0.25) is 13.9 Å². The summed E-state index contributed by atoms with van der Waals surface area (Å²) in [6.07, 6.45) is 1.72. The van der Waals surface area contributed by atoms with Crippen LogP contribution in [0.25, 0.3) is 0 Å². The number of hydrogen-bond donors (Lipinski definition) is 1. The highest BCUT2D eigenvalue weighted by Crippen LogP contribution is 2.23. The Bertz CT molecular complexity index is 1380. The highest BCUT2D eigenvalue weighted by molar-refractivity contribution is 7.92. The van der Waals surface area contributed by atoms with Gasteiger partial charge < -0.3 is 10.2 Å². The van der Waals surface area contributed by atoms with Crippen LogP contribution in [0.1, 0.15) is 43.4 Å². The van der Waals surface area contributed by atoms with Crippen molar-refractivity contribution in [2.45, 2.75) is 58.7 Å². The van der Waals surface area contributed by atoms with Crippen LogP contribution in [0.5, 0.6) is 0 Å². The van der Waals surface area contributed by atoms with E-state index in [1.165, 1.54) is 21.3 Å². The molecule has 0 aliphatic heterocycles. The van der Waals surface area contributed by atoms with Gasteiger partial charge in [-0.05, 0) is 62.1 Å². The number of halogens is 1. The van der Waals surface area contributed by atoms with Crippen LogP contribution in [0, 0.1) is 12.7 Å². The minimum Gasteiger partial charge on any atom is -0.352 e. The van der Waals surface area contributed by atoms with E-state index in [9.17, 15) is 22.4 Å². The van der Waals surface area contributed by atoms with Gasteiger partial charge in [0.1, 0.15) is 11.9 Å². The normalized spacial score (nSPS) is 12.2. The maximum atomic E-state index is 13.8. The quantitative estimate of drug-likeness (QED) is 0.320. The summed E-state index contributed by atoms with van der Waals surface area (Å²) in [5.41, 5.74) is 2.96. The molecule has 7 nitrogen and oxygen atoms in total. The molecule has 0 spiro atoms. The molecule has 0 aliphatic carbocycles. The Labute approximate surface area is 237 Å². The van der Waals surface area contributed by atoms with Crippen LogP contribution in [0.4, 0.5) is 10.1 Å². The van der Waals surface area contributed by atoms with Crippen LogP contribution < -0.4 is 9.62 Å². The minimum atomic E-state index is -3.59. The molecule has 40 heavy (non-hydrogen) atoms. The summed E-state index contributed by atoms with van der Waals surface area (Å²) in [6, 6.07) is 21.5. The zero-order chi connectivity index (χ0) is 29.3. The molecule has 2 amide bonds. The lowest BCUT2D eigenvalue weighted by molar-refractivity contribution is -0.141. The van der Waals surface area contributed by atoms with E-state index in [-0.39, 0.29) is 43.8 Å². The third kappa shape index (κ3) is 8.91. The van der Waals surface area contributed by atoms with Crippen LogP contribution in [-0.4, -0.2) is 50.0 Å². The first-order valence-corrected chi connectivity index (χ1v) is 15.2. The number of aryl methyl sites for hydroxylation is 1. The fraction of sp³-hybridized carbons (Fsp3) is 0.355. The monoisotopic (exact) mass is 567 g/mol. The van der Waals surface area contributed by atoms with E-state index >= 15 is 0 Å². The standard InChI is InChI=1S/C31H38FN3O4S/c1-23(2)33-31(37)29(21-25-12-6-5-7-13-25)34(22-26-16-18-27(32)19-17-26)30(36)15-10-20-35(40(4,38)39)28-14-9-8-11-24(28)3/h5-9,11-14,16-19,23,29H,10,15,20-22H2,1-4H3,(H,33,37)/t29-/m0/s1. The van der Waals surface area contributed by atoms with Crippen molar-refractivity contribution < 1.29 is 22.4 Å². The summed E-state index contributed by atoms with van der Waals surface area (Å²) in [5.74, 6) is -0.966. The summed E-state index contributed by atoms with van der Waals surface area (Å²) in [6.45, 7) is 5.77. The third-order valence-electron chi connectivity index (χ3n) is 6.50. The molecular weight excluding hydrogens is 529 g/mol. The number of nitrogens with zero attached hydrogens (tertiary/aromatic N) is 2. The van der Waals surface area contributed by atoms with E-state index in [4.69, 9.17) is 0 Å². The first-order valence-electron chi connectivity index (χ1n) is 13.4. The van der Waals surface area contributed by atoms with Gasteiger partial charge in [-0.2, -0.15) is 0 Å². The van der Waals surface area contributed by atoms with Crippen molar-refractivity contribution in [1.29, 1.82) is 0 Å². The smallest absolute Gasteiger partial charge is 0.243 e. The third-order valence-corrected chi connectivity index (χ3v) is 7.68. The molecule has 0 saturated carbocycles. The molecule has 1 atom stereocenters. The topological polar surface area (TPSA) is 86.8 Å². The molecule has 3 aromatic carbocycles. The fourth-order valence-electron chi connectivity index (χ4n) is 4.55. The number of rotatable bonds is 13. The molecule has 0 aromatic heterocycles. The van der Waals surface area contributed by atoms with Crippen molar-refractivity contribution in [3.63, 3.8) is 0 Å². The number of carbonyl (C=O) groups excluding carboxylic acids is 2. The summed E-state index contributed by atoms with van der Waals surface area (Å²) >= 11 is 0. The van der Waals surface area contributed by atoms with Gasteiger partial charge in [0, 0.05) is 32.0 Å². The average molecular weight is 568 g/mol. The van der Waals surface area contributed by atoms with Crippen molar-refractivity contribution >= 4 is 27.5 Å². The molecule has 0 saturated heterocycles. The fourth-order valence-corrected chi connectivity index (χ4v) is 5.57. The van der Waals surface area contributed by atoms with Gasteiger partial charge in [0.05, 0.1) is 11.9 Å². The van der Waals surface area contributed by atoms with Crippen molar-refractivity contribution in [3.8, 4) is 0 Å². The molecule has 0 unspecified atom stereocenters. The van der Waals surface area contributed by atoms with Gasteiger partial charge in [-0.1, -0.05) is 60.7 Å². The minimum absolute atomic E-state index is 0.0271. The molecule has 3 aromatic rings. The van der Waals surface area contributed by atoms with Gasteiger partial charge in [-0.25, -0.2) is 12.8 Å². The molecule has 0 fully saturated rings. The van der Waals surface area contributed by atoms with Gasteiger partial charge in [0.25, 0.3) is 0 Å². The SMILES string of the molecule is Cc1ccccc1N(CCCC(=O)N(Cc1ccc(F)cc1)[C@@H](Cc1ccccc1)C(=O)NC(C)C)S(C)(=O)=O. The number of amides is 2. The van der Waals surface area contributed by atoms with Crippen LogP contribution in [0.3, 0.4) is 0 Å². The van der Waals surface area contributed by atoms with Crippen molar-refractivity contribution in [2.24, 2.45) is 0 Å². The Balaban J connectivity index is 1.88. The molecule has 0 heterocycles. The Morgan fingerprint density at radius 2 is 1.52 bits per heavy atom. The molecule has 0 radical (unpaired) electrons. The summed E-state index contributed by atoms with van der Waals surface area (Å²) in [7, 11) is -3.59. The lowest BCUT2D eigenvalue weighted by Gasteiger charge is -2.32. The number of nitrogens with one attached hydrogen (secondary N) is 1. The number of benzene rings is 3. The van der Waals surface area contributed by atoms with Crippen molar-refractivity contribution in [2.75, 3.05) is 17.1 Å². The predicted octanol–water partition coefficient (Wildman–Crippen LogP) is 4.85. The maximum Gasteiger partial charge on any atom is 0.243 e. The van der Waals surface area contributed by atoms with E-state index in [0.29, 0.717) is 17.7 Å². The second-order valence-corrected chi connectivity index (χ2v) is 12.1. The molecule has 3 rings (SSSR count). The number of hydrogen-bond acceptors (Lipinski definition) is 4. The van der Waals surface area contributed by atoms with Gasteiger partial charge >= 0.3 is 0 Å². The summed E-state index contributed by atoms with van der Waals surface area (Å²) in [4.78, 5) is 28.7. The Morgan fingerprint density at radius 1 is 0.900 bits per heavy atom. The van der Waals surface area contributed by atoms with E-state index < -0.39 is 21.9 Å². The second-order valence-electron chi connectivity index (χ2n) is 10.2. The Hall–Kier alpha value is -3.72. The van der Waals surface area contributed by atoms with Crippen molar-refractivity contribution in [1.82, 2.24) is 10.2 Å². The molecule has 0 bridgehead atoms. The second kappa shape index (κ2) is 14.1. The highest BCUT2D eigenvalue weighted by Gasteiger charge is 2.31. The number of para-hydroxylation sites is 1. The van der Waals surface area contributed by atoms with Crippen LogP contribution in [0.2, 0.25) is 0 Å². The van der Waals surface area contributed by atoms with Gasteiger partial charge in [0.2, 0.25) is 21.8 Å². The van der Waals surface area contributed by atoms with Gasteiger partial charge in [0.15, 0.2) is 0 Å². The van der Waals surface area contributed by atoms with Gasteiger partial charge in [-0.15, -0.1) is 0 Å². The molecule has 0 aliphatic rings. The number of carbonyl (C=O) groups is 2. The zero-order valence-corrected chi connectivity index (χ0v) is 24.3. The molecular formula is C31H38FN3O4S. The lowest BCUT2D eigenvalue weighted by Crippen LogP contribution is -2.51.